The van der Waals surface area contributed by atoms with Crippen molar-refractivity contribution in [1.82, 2.24) is 15.2 Å². The molecule has 0 spiro atoms. The number of likely N-dealkylation sites (tertiary alicyclic amines) is 1. The number of halogens is 2. The molecule has 1 N–H and O–H groups in total. The Kier molecular flexibility index (Phi) is 6.72. The molecule has 2 fully saturated rings. The van der Waals surface area contributed by atoms with Crippen molar-refractivity contribution in [2.75, 3.05) is 13.2 Å². The molecule has 0 radical (unpaired) electrons. The van der Waals surface area contributed by atoms with Crippen LogP contribution in [0.15, 0.2) is 41.1 Å². The Bertz CT molecular complexity index is 1250. The number of carbonyl (C=O) groups is 3. The van der Waals surface area contributed by atoms with Gasteiger partial charge in [-0.2, -0.15) is 0 Å². The van der Waals surface area contributed by atoms with Gasteiger partial charge in [-0.3, -0.25) is 14.4 Å². The van der Waals surface area contributed by atoms with E-state index < -0.39 is 18.0 Å². The Hall–Kier alpha value is -2.30. The SMILES string of the molecule is O=C(NC(Cc1ccc(Cl)c(Cl)c1)C(=O)N1CCC2OCC(=O)C21)c1csc(-c2cccs2)n1. The van der Waals surface area contributed by atoms with Crippen molar-refractivity contribution in [3.8, 4) is 9.88 Å². The minimum absolute atomic E-state index is 0.00719. The molecule has 2 aliphatic rings. The van der Waals surface area contributed by atoms with Gasteiger partial charge in [0.15, 0.2) is 5.78 Å². The maximum absolute atomic E-state index is 13.6. The van der Waals surface area contributed by atoms with Crippen LogP contribution in [-0.2, 0) is 20.7 Å². The molecular formula is C23H19Cl2N3O4S2. The number of nitrogens with one attached hydrogen (secondary N) is 1. The lowest BCUT2D eigenvalue weighted by atomic mass is 10.0. The van der Waals surface area contributed by atoms with Gasteiger partial charge in [0, 0.05) is 18.3 Å². The Morgan fingerprint density at radius 3 is 2.85 bits per heavy atom. The fraction of sp³-hybridized carbons (Fsp3) is 0.304. The van der Waals surface area contributed by atoms with Gasteiger partial charge in [0.2, 0.25) is 5.91 Å². The predicted molar refractivity (Wildman–Crippen MR) is 132 cm³/mol. The summed E-state index contributed by atoms with van der Waals surface area (Å²) in [7, 11) is 0. The Balaban J connectivity index is 1.39. The number of hydrogen-bond donors (Lipinski definition) is 1. The van der Waals surface area contributed by atoms with Gasteiger partial charge in [-0.15, -0.1) is 22.7 Å². The van der Waals surface area contributed by atoms with Crippen molar-refractivity contribution in [3.63, 3.8) is 0 Å². The summed E-state index contributed by atoms with van der Waals surface area (Å²) in [5, 5.41) is 7.95. The van der Waals surface area contributed by atoms with Crippen LogP contribution in [0.5, 0.6) is 0 Å². The molecule has 7 nitrogen and oxygen atoms in total. The molecule has 34 heavy (non-hydrogen) atoms. The molecule has 4 heterocycles. The number of thiophene rings is 1. The first-order chi connectivity index (χ1) is 16.4. The first kappa shape index (κ1) is 23.4. The third-order valence-electron chi connectivity index (χ3n) is 5.89. The molecular weight excluding hydrogens is 517 g/mol. The molecule has 0 bridgehead atoms. The van der Waals surface area contributed by atoms with Crippen LogP contribution in [0.1, 0.15) is 22.5 Å². The third-order valence-corrected chi connectivity index (χ3v) is 8.51. The molecule has 2 aromatic heterocycles. The number of fused-ring (bicyclic) bond motifs is 1. The molecule has 5 rings (SSSR count). The first-order valence-electron chi connectivity index (χ1n) is 10.6. The second-order valence-corrected chi connectivity index (χ2v) is 10.7. The number of Topliss-reactive ketones (excluding diaryl/α,β-unsaturated/α-hetero) is 1. The number of aromatic nitrogens is 1. The van der Waals surface area contributed by atoms with Crippen LogP contribution in [0, 0.1) is 0 Å². The second kappa shape index (κ2) is 9.75. The van der Waals surface area contributed by atoms with E-state index in [0.717, 1.165) is 15.4 Å². The maximum atomic E-state index is 13.6. The normalized spacial score (nSPS) is 20.4. The average Bonchev–Trinajstić information content (AvgIpc) is 3.61. The summed E-state index contributed by atoms with van der Waals surface area (Å²) in [5.74, 6) is -0.905. The van der Waals surface area contributed by atoms with E-state index >= 15 is 0 Å². The monoisotopic (exact) mass is 535 g/mol. The highest BCUT2D eigenvalue weighted by molar-refractivity contribution is 7.20. The topological polar surface area (TPSA) is 88.6 Å². The number of ketones is 1. The zero-order valence-corrected chi connectivity index (χ0v) is 20.8. The molecule has 2 amide bonds. The zero-order chi connectivity index (χ0) is 23.8. The van der Waals surface area contributed by atoms with Crippen LogP contribution in [0.4, 0.5) is 0 Å². The highest BCUT2D eigenvalue weighted by atomic mass is 35.5. The molecule has 176 valence electrons. The van der Waals surface area contributed by atoms with E-state index in [9.17, 15) is 14.4 Å². The summed E-state index contributed by atoms with van der Waals surface area (Å²) in [6.07, 6.45) is 0.489. The Labute approximate surface area is 213 Å². The van der Waals surface area contributed by atoms with E-state index in [1.54, 1.807) is 23.6 Å². The number of amides is 2. The zero-order valence-electron chi connectivity index (χ0n) is 17.7. The summed E-state index contributed by atoms with van der Waals surface area (Å²) in [5.41, 5.74) is 0.968. The Morgan fingerprint density at radius 1 is 1.24 bits per heavy atom. The van der Waals surface area contributed by atoms with Crippen LogP contribution in [0.3, 0.4) is 0 Å². The van der Waals surface area contributed by atoms with Gasteiger partial charge in [-0.1, -0.05) is 35.3 Å². The predicted octanol–water partition coefficient (Wildman–Crippen LogP) is 4.09. The smallest absolute Gasteiger partial charge is 0.271 e. The highest BCUT2D eigenvalue weighted by Crippen LogP contribution is 2.30. The number of hydrogen-bond acceptors (Lipinski definition) is 7. The van der Waals surface area contributed by atoms with Crippen LogP contribution in [0.2, 0.25) is 10.0 Å². The van der Waals surface area contributed by atoms with Gasteiger partial charge in [0.1, 0.15) is 29.4 Å². The van der Waals surface area contributed by atoms with Crippen LogP contribution >= 0.6 is 45.9 Å². The van der Waals surface area contributed by atoms with Crippen molar-refractivity contribution in [2.24, 2.45) is 0 Å². The van der Waals surface area contributed by atoms with Crippen LogP contribution in [0.25, 0.3) is 9.88 Å². The van der Waals surface area contributed by atoms with Gasteiger partial charge >= 0.3 is 0 Å². The molecule has 1 aromatic carbocycles. The van der Waals surface area contributed by atoms with E-state index in [-0.39, 0.29) is 36.5 Å². The summed E-state index contributed by atoms with van der Waals surface area (Å²) in [4.78, 5) is 45.9. The van der Waals surface area contributed by atoms with Crippen molar-refractivity contribution < 1.29 is 19.1 Å². The standard InChI is InChI=1S/C23H19Cl2N3O4S2/c24-13-4-3-12(8-14(13)25)9-15(23(31)28-6-5-18-20(28)17(29)10-32-18)26-21(30)16-11-34-22(27-16)19-2-1-7-33-19/h1-4,7-8,11,15,18,20H,5-6,9-10H2,(H,26,30). The van der Waals surface area contributed by atoms with Crippen molar-refractivity contribution >= 4 is 63.5 Å². The quantitative estimate of drug-likeness (QED) is 0.513. The number of benzene rings is 1. The molecule has 11 heteroatoms. The summed E-state index contributed by atoms with van der Waals surface area (Å²) in [6.45, 7) is 0.403. The van der Waals surface area contributed by atoms with E-state index in [0.29, 0.717) is 23.0 Å². The molecule has 2 saturated heterocycles. The molecule has 2 aliphatic heterocycles. The average molecular weight is 536 g/mol. The summed E-state index contributed by atoms with van der Waals surface area (Å²) < 4.78 is 5.51. The van der Waals surface area contributed by atoms with E-state index in [2.05, 4.69) is 10.3 Å². The number of carbonyl (C=O) groups excluding carboxylic acids is 3. The number of nitrogens with zero attached hydrogens (tertiary/aromatic N) is 2. The fourth-order valence-electron chi connectivity index (χ4n) is 4.27. The lowest BCUT2D eigenvalue weighted by molar-refractivity contribution is -0.138. The van der Waals surface area contributed by atoms with Gasteiger partial charge in [-0.25, -0.2) is 4.98 Å². The highest BCUT2D eigenvalue weighted by Gasteiger charge is 2.48. The van der Waals surface area contributed by atoms with Gasteiger partial charge in [0.05, 0.1) is 21.0 Å². The van der Waals surface area contributed by atoms with E-state index in [1.807, 2.05) is 17.5 Å². The molecule has 0 saturated carbocycles. The van der Waals surface area contributed by atoms with E-state index in [1.165, 1.54) is 27.6 Å². The van der Waals surface area contributed by atoms with Gasteiger partial charge in [0.25, 0.3) is 5.91 Å². The number of thiazole rings is 1. The molecule has 3 atom stereocenters. The third kappa shape index (κ3) is 4.63. The van der Waals surface area contributed by atoms with E-state index in [4.69, 9.17) is 27.9 Å². The fourth-order valence-corrected chi connectivity index (χ4v) is 6.20. The summed E-state index contributed by atoms with van der Waals surface area (Å²) >= 11 is 15.1. The molecule has 0 aliphatic carbocycles. The van der Waals surface area contributed by atoms with Gasteiger partial charge in [-0.05, 0) is 35.6 Å². The van der Waals surface area contributed by atoms with Crippen LogP contribution in [-0.4, -0.2) is 58.8 Å². The van der Waals surface area contributed by atoms with Crippen LogP contribution < -0.4 is 5.32 Å². The lowest BCUT2D eigenvalue weighted by Crippen LogP contribution is -2.53. The molecule has 3 unspecified atom stereocenters. The van der Waals surface area contributed by atoms with Crippen molar-refractivity contribution in [2.45, 2.75) is 31.0 Å². The largest absolute Gasteiger partial charge is 0.368 e. The minimum Gasteiger partial charge on any atom is -0.368 e. The number of rotatable bonds is 6. The van der Waals surface area contributed by atoms with Crippen molar-refractivity contribution in [3.05, 3.63) is 62.4 Å². The Morgan fingerprint density at radius 2 is 2.09 bits per heavy atom. The molecule has 3 aromatic rings. The van der Waals surface area contributed by atoms with Crippen molar-refractivity contribution in [1.29, 1.82) is 0 Å². The summed E-state index contributed by atoms with van der Waals surface area (Å²) in [6, 6.07) is 7.42. The maximum Gasteiger partial charge on any atom is 0.271 e. The minimum atomic E-state index is -0.913. The lowest BCUT2D eigenvalue weighted by Gasteiger charge is -2.27. The second-order valence-electron chi connectivity index (χ2n) is 8.07. The first-order valence-corrected chi connectivity index (χ1v) is 13.1. The number of ether oxygens (including phenoxy) is 1. The van der Waals surface area contributed by atoms with Gasteiger partial charge < -0.3 is 15.0 Å².